The normalized spacial score (nSPS) is 30.5. The fourth-order valence-electron chi connectivity index (χ4n) is 2.15. The Balaban J connectivity index is 1.95. The van der Waals surface area contributed by atoms with Gasteiger partial charge in [0.2, 0.25) is 0 Å². The second-order valence-electron chi connectivity index (χ2n) is 5.04. The van der Waals surface area contributed by atoms with Gasteiger partial charge in [-0.3, -0.25) is 10.1 Å². The third kappa shape index (κ3) is 4.03. The van der Waals surface area contributed by atoms with E-state index in [9.17, 15) is 24.9 Å². The molecule has 2 rings (SSSR count). The van der Waals surface area contributed by atoms with Gasteiger partial charge >= 0.3 is 6.03 Å². The van der Waals surface area contributed by atoms with E-state index in [4.69, 9.17) is 9.84 Å². The molecule has 1 saturated heterocycles. The molecule has 0 aliphatic carbocycles. The van der Waals surface area contributed by atoms with E-state index in [0.29, 0.717) is 0 Å². The number of imide groups is 1. The van der Waals surface area contributed by atoms with Gasteiger partial charge in [-0.05, 0) is 12.1 Å². The molecular weight excluding hydrogens is 308 g/mol. The number of aliphatic hydroxyl groups is 4. The predicted octanol–water partition coefficient (Wildman–Crippen LogP) is -2.07. The molecule has 23 heavy (non-hydrogen) atoms. The van der Waals surface area contributed by atoms with Crippen molar-refractivity contribution in [1.82, 2.24) is 10.6 Å². The first-order valence-corrected chi connectivity index (χ1v) is 6.91. The van der Waals surface area contributed by atoms with Crippen LogP contribution >= 0.6 is 0 Å². The SMILES string of the molecule is O=C(NC(=O)c1ccccc1)NC1OC(CO)C(O)C(O)C1O. The Morgan fingerprint density at radius 2 is 1.70 bits per heavy atom. The van der Waals surface area contributed by atoms with Crippen LogP contribution in [0.5, 0.6) is 0 Å². The highest BCUT2D eigenvalue weighted by atomic mass is 16.6. The minimum absolute atomic E-state index is 0.261. The Morgan fingerprint density at radius 1 is 1.04 bits per heavy atom. The highest BCUT2D eigenvalue weighted by Crippen LogP contribution is 2.19. The van der Waals surface area contributed by atoms with Crippen molar-refractivity contribution >= 4 is 11.9 Å². The first-order chi connectivity index (χ1) is 10.9. The predicted molar refractivity (Wildman–Crippen MR) is 76.2 cm³/mol. The zero-order valence-corrected chi connectivity index (χ0v) is 12.0. The number of nitrogens with one attached hydrogen (secondary N) is 2. The summed E-state index contributed by atoms with van der Waals surface area (Å²) in [6.07, 6.45) is -7.30. The number of carbonyl (C=O) groups is 2. The summed E-state index contributed by atoms with van der Waals surface area (Å²) in [5, 5.41) is 42.3. The fraction of sp³-hybridized carbons (Fsp3) is 0.429. The van der Waals surface area contributed by atoms with Crippen LogP contribution in [0.2, 0.25) is 0 Å². The fourth-order valence-corrected chi connectivity index (χ4v) is 2.15. The van der Waals surface area contributed by atoms with E-state index >= 15 is 0 Å². The minimum atomic E-state index is -1.62. The second-order valence-corrected chi connectivity index (χ2v) is 5.04. The largest absolute Gasteiger partial charge is 0.394 e. The van der Waals surface area contributed by atoms with Gasteiger partial charge in [-0.1, -0.05) is 18.2 Å². The molecule has 3 amide bonds. The molecule has 1 aromatic carbocycles. The maximum absolute atomic E-state index is 11.8. The van der Waals surface area contributed by atoms with Gasteiger partial charge in [0, 0.05) is 5.56 Å². The standard InChI is InChI=1S/C14H18N2O7/c17-6-8-9(18)10(19)11(20)13(23-8)16-14(22)15-12(21)7-4-2-1-3-5-7/h1-5,8-11,13,17-20H,6H2,(H2,15,16,21,22). The number of carbonyl (C=O) groups excluding carboxylic acids is 2. The van der Waals surface area contributed by atoms with Crippen LogP contribution in [-0.4, -0.2) is 69.6 Å². The molecule has 5 atom stereocenters. The van der Waals surface area contributed by atoms with E-state index in [2.05, 4.69) is 5.32 Å². The molecule has 1 aliphatic heterocycles. The molecule has 1 fully saturated rings. The van der Waals surface area contributed by atoms with Crippen molar-refractivity contribution < 1.29 is 34.8 Å². The third-order valence-electron chi connectivity index (χ3n) is 3.43. The van der Waals surface area contributed by atoms with Gasteiger partial charge in [0.05, 0.1) is 6.61 Å². The van der Waals surface area contributed by atoms with Crippen LogP contribution in [-0.2, 0) is 4.74 Å². The topological polar surface area (TPSA) is 148 Å². The number of amides is 3. The maximum Gasteiger partial charge on any atom is 0.323 e. The molecule has 126 valence electrons. The molecule has 9 heteroatoms. The average Bonchev–Trinajstić information content (AvgIpc) is 2.56. The summed E-state index contributed by atoms with van der Waals surface area (Å²) in [7, 11) is 0. The van der Waals surface area contributed by atoms with E-state index in [1.165, 1.54) is 12.1 Å². The lowest BCUT2D eigenvalue weighted by Gasteiger charge is -2.39. The second kappa shape index (κ2) is 7.49. The van der Waals surface area contributed by atoms with Crippen LogP contribution in [0.15, 0.2) is 30.3 Å². The average molecular weight is 326 g/mol. The Hall–Kier alpha value is -2.04. The van der Waals surface area contributed by atoms with Crippen molar-refractivity contribution in [2.24, 2.45) is 0 Å². The van der Waals surface area contributed by atoms with Gasteiger partial charge in [-0.15, -0.1) is 0 Å². The van der Waals surface area contributed by atoms with Gasteiger partial charge in [-0.25, -0.2) is 4.79 Å². The molecule has 1 aromatic rings. The van der Waals surface area contributed by atoms with E-state index in [0.717, 1.165) is 0 Å². The molecule has 0 spiro atoms. The molecule has 0 bridgehead atoms. The first kappa shape index (κ1) is 17.3. The first-order valence-electron chi connectivity index (χ1n) is 6.91. The number of benzene rings is 1. The highest BCUT2D eigenvalue weighted by Gasteiger charge is 2.44. The minimum Gasteiger partial charge on any atom is -0.394 e. The molecule has 6 N–H and O–H groups in total. The van der Waals surface area contributed by atoms with Gasteiger partial charge < -0.3 is 30.5 Å². The zero-order chi connectivity index (χ0) is 17.0. The van der Waals surface area contributed by atoms with Crippen molar-refractivity contribution in [3.05, 3.63) is 35.9 Å². The molecule has 0 saturated carbocycles. The van der Waals surface area contributed by atoms with Gasteiger partial charge in [0.25, 0.3) is 5.91 Å². The van der Waals surface area contributed by atoms with Crippen LogP contribution in [0.4, 0.5) is 4.79 Å². The van der Waals surface area contributed by atoms with Crippen LogP contribution in [0.1, 0.15) is 10.4 Å². The Morgan fingerprint density at radius 3 is 2.30 bits per heavy atom. The number of urea groups is 1. The Bertz CT molecular complexity index is 551. The summed E-state index contributed by atoms with van der Waals surface area (Å²) in [5.41, 5.74) is 0.261. The molecule has 9 nitrogen and oxygen atoms in total. The number of hydrogen-bond acceptors (Lipinski definition) is 7. The lowest BCUT2D eigenvalue weighted by atomic mass is 9.98. The third-order valence-corrected chi connectivity index (χ3v) is 3.43. The van der Waals surface area contributed by atoms with Crippen LogP contribution in [0.25, 0.3) is 0 Å². The van der Waals surface area contributed by atoms with Crippen LogP contribution in [0.3, 0.4) is 0 Å². The monoisotopic (exact) mass is 326 g/mol. The van der Waals surface area contributed by atoms with Crippen molar-refractivity contribution in [2.75, 3.05) is 6.61 Å². The summed E-state index contributed by atoms with van der Waals surface area (Å²) in [6.45, 7) is -0.617. The van der Waals surface area contributed by atoms with E-state index in [1.54, 1.807) is 18.2 Å². The molecule has 1 heterocycles. The number of hydrogen-bond donors (Lipinski definition) is 6. The van der Waals surface area contributed by atoms with Crippen LogP contribution in [0, 0.1) is 0 Å². The molecule has 0 aromatic heterocycles. The Labute approximate surface area is 131 Å². The summed E-state index contributed by atoms with van der Waals surface area (Å²) >= 11 is 0. The van der Waals surface area contributed by atoms with E-state index < -0.39 is 49.2 Å². The molecular formula is C14H18N2O7. The Kier molecular flexibility index (Phi) is 5.64. The summed E-state index contributed by atoms with van der Waals surface area (Å²) < 4.78 is 5.10. The van der Waals surface area contributed by atoms with Crippen molar-refractivity contribution in [1.29, 1.82) is 0 Å². The number of ether oxygens (including phenoxy) is 1. The number of aliphatic hydroxyl groups excluding tert-OH is 4. The highest BCUT2D eigenvalue weighted by molar-refractivity contribution is 6.04. The van der Waals surface area contributed by atoms with Crippen molar-refractivity contribution in [3.8, 4) is 0 Å². The lowest BCUT2D eigenvalue weighted by molar-refractivity contribution is -0.233. The van der Waals surface area contributed by atoms with E-state index in [-0.39, 0.29) is 5.56 Å². The molecule has 0 radical (unpaired) electrons. The van der Waals surface area contributed by atoms with Gasteiger partial charge in [-0.2, -0.15) is 0 Å². The van der Waals surface area contributed by atoms with Crippen LogP contribution < -0.4 is 10.6 Å². The summed E-state index contributed by atoms with van der Waals surface area (Å²) in [4.78, 5) is 23.6. The van der Waals surface area contributed by atoms with Gasteiger partial charge in [0.1, 0.15) is 24.4 Å². The van der Waals surface area contributed by atoms with E-state index in [1.807, 2.05) is 5.32 Å². The van der Waals surface area contributed by atoms with Gasteiger partial charge in [0.15, 0.2) is 6.23 Å². The summed E-state index contributed by atoms with van der Waals surface area (Å²) in [5.74, 6) is -0.660. The number of rotatable bonds is 3. The zero-order valence-electron chi connectivity index (χ0n) is 12.0. The summed E-state index contributed by atoms with van der Waals surface area (Å²) in [6, 6.07) is 7.04. The van der Waals surface area contributed by atoms with Crippen molar-refractivity contribution in [3.63, 3.8) is 0 Å². The maximum atomic E-state index is 11.8. The van der Waals surface area contributed by atoms with Crippen molar-refractivity contribution in [2.45, 2.75) is 30.6 Å². The smallest absolute Gasteiger partial charge is 0.323 e. The molecule has 5 unspecified atom stereocenters. The molecule has 1 aliphatic rings. The lowest BCUT2D eigenvalue weighted by Crippen LogP contribution is -2.64. The quantitative estimate of drug-likeness (QED) is 0.373.